The molecular weight excluding hydrogens is 314 g/mol. The third-order valence-corrected chi connectivity index (χ3v) is 4.43. The molecule has 5 nitrogen and oxygen atoms in total. The van der Waals surface area contributed by atoms with Gasteiger partial charge < -0.3 is 10.2 Å². The Morgan fingerprint density at radius 1 is 1.00 bits per heavy atom. The van der Waals surface area contributed by atoms with E-state index < -0.39 is 0 Å². The number of likely N-dealkylation sites (tertiary alicyclic amines) is 1. The number of nitrogens with one attached hydrogen (secondary N) is 1. The van der Waals surface area contributed by atoms with E-state index in [2.05, 4.69) is 10.3 Å². The van der Waals surface area contributed by atoms with Crippen LogP contribution in [0.3, 0.4) is 0 Å². The summed E-state index contributed by atoms with van der Waals surface area (Å²) in [4.78, 5) is 31.0. The Hall–Kier alpha value is -2.69. The van der Waals surface area contributed by atoms with Crippen LogP contribution in [0.1, 0.15) is 52.1 Å². The van der Waals surface area contributed by atoms with Crippen molar-refractivity contribution in [1.82, 2.24) is 15.2 Å². The predicted octanol–water partition coefficient (Wildman–Crippen LogP) is 3.03. The van der Waals surface area contributed by atoms with E-state index in [0.717, 1.165) is 31.5 Å². The lowest BCUT2D eigenvalue weighted by Crippen LogP contribution is -2.32. The number of carbonyl (C=O) groups excluding carboxylic acids is 2. The van der Waals surface area contributed by atoms with Gasteiger partial charge in [-0.2, -0.15) is 0 Å². The Kier molecular flexibility index (Phi) is 5.77. The van der Waals surface area contributed by atoms with Crippen LogP contribution in [0.25, 0.3) is 0 Å². The number of nitrogens with zero attached hydrogens (tertiary/aromatic N) is 2. The number of benzene rings is 1. The fourth-order valence-corrected chi connectivity index (χ4v) is 3.01. The minimum Gasteiger partial charge on any atom is -0.347 e. The average Bonchev–Trinajstić information content (AvgIpc) is 2.96. The predicted molar refractivity (Wildman–Crippen MR) is 96.2 cm³/mol. The van der Waals surface area contributed by atoms with Crippen LogP contribution in [0.2, 0.25) is 0 Å². The van der Waals surface area contributed by atoms with Gasteiger partial charge in [0, 0.05) is 31.4 Å². The molecule has 2 heterocycles. The minimum atomic E-state index is -0.269. The molecule has 130 valence electrons. The first-order valence-corrected chi connectivity index (χ1v) is 8.81. The van der Waals surface area contributed by atoms with Gasteiger partial charge in [0.25, 0.3) is 11.8 Å². The number of hydrogen-bond acceptors (Lipinski definition) is 3. The fourth-order valence-electron chi connectivity index (χ4n) is 3.01. The van der Waals surface area contributed by atoms with Crippen molar-refractivity contribution >= 4 is 11.8 Å². The van der Waals surface area contributed by atoms with Crippen molar-refractivity contribution in [2.75, 3.05) is 13.1 Å². The van der Waals surface area contributed by atoms with E-state index in [4.69, 9.17) is 0 Å². The molecule has 25 heavy (non-hydrogen) atoms. The molecule has 0 bridgehead atoms. The smallest absolute Gasteiger partial charge is 0.270 e. The number of aromatic nitrogens is 1. The summed E-state index contributed by atoms with van der Waals surface area (Å²) in [5.74, 6) is -0.282. The maximum Gasteiger partial charge on any atom is 0.270 e. The van der Waals surface area contributed by atoms with Crippen LogP contribution in [0, 0.1) is 0 Å². The molecule has 2 aromatic rings. The highest BCUT2D eigenvalue weighted by molar-refractivity contribution is 5.98. The highest BCUT2D eigenvalue weighted by Crippen LogP contribution is 2.14. The maximum atomic E-state index is 12.7. The van der Waals surface area contributed by atoms with Crippen molar-refractivity contribution in [2.24, 2.45) is 0 Å². The zero-order chi connectivity index (χ0) is 17.5. The van der Waals surface area contributed by atoms with E-state index in [1.807, 2.05) is 35.2 Å². The summed E-state index contributed by atoms with van der Waals surface area (Å²) in [6.45, 7) is 2.01. The van der Waals surface area contributed by atoms with Crippen LogP contribution < -0.4 is 5.32 Å². The van der Waals surface area contributed by atoms with E-state index in [0.29, 0.717) is 12.1 Å². The summed E-state index contributed by atoms with van der Waals surface area (Å²) in [6.07, 6.45) is 5.96. The molecule has 1 aromatic carbocycles. The molecule has 2 amide bonds. The second kappa shape index (κ2) is 8.42. The first-order valence-electron chi connectivity index (χ1n) is 8.81. The molecule has 1 saturated heterocycles. The van der Waals surface area contributed by atoms with Crippen molar-refractivity contribution in [3.8, 4) is 0 Å². The Bertz CT molecular complexity index is 723. The molecule has 0 spiro atoms. The van der Waals surface area contributed by atoms with Gasteiger partial charge in [-0.1, -0.05) is 43.2 Å². The molecule has 0 unspecified atom stereocenters. The number of pyridine rings is 1. The van der Waals surface area contributed by atoms with Crippen molar-refractivity contribution in [2.45, 2.75) is 32.2 Å². The zero-order valence-electron chi connectivity index (χ0n) is 14.3. The SMILES string of the molecule is O=C(NCc1ccccc1)c1cc(C(=O)N2CCCCCC2)ccn1. The first-order chi connectivity index (χ1) is 12.2. The van der Waals surface area contributed by atoms with Crippen LogP contribution in [0.15, 0.2) is 48.7 Å². The molecule has 5 heteroatoms. The molecule has 1 fully saturated rings. The monoisotopic (exact) mass is 337 g/mol. The molecule has 1 N–H and O–H groups in total. The average molecular weight is 337 g/mol. The van der Waals surface area contributed by atoms with E-state index in [-0.39, 0.29) is 17.5 Å². The summed E-state index contributed by atoms with van der Waals surface area (Å²) < 4.78 is 0. The van der Waals surface area contributed by atoms with Crippen LogP contribution in [0.4, 0.5) is 0 Å². The zero-order valence-corrected chi connectivity index (χ0v) is 14.3. The van der Waals surface area contributed by atoms with Crippen molar-refractivity contribution in [3.05, 3.63) is 65.5 Å². The number of amides is 2. The maximum absolute atomic E-state index is 12.7. The van der Waals surface area contributed by atoms with Gasteiger partial charge in [0.2, 0.25) is 0 Å². The van der Waals surface area contributed by atoms with E-state index in [9.17, 15) is 9.59 Å². The normalized spacial score (nSPS) is 14.6. The third-order valence-electron chi connectivity index (χ3n) is 4.43. The van der Waals surface area contributed by atoms with Gasteiger partial charge in [-0.25, -0.2) is 0 Å². The van der Waals surface area contributed by atoms with Gasteiger partial charge in [0.1, 0.15) is 5.69 Å². The molecular formula is C20H23N3O2. The summed E-state index contributed by atoms with van der Waals surface area (Å²) in [6, 6.07) is 13.0. The number of rotatable bonds is 4. The Labute approximate surface area is 148 Å². The second-order valence-electron chi connectivity index (χ2n) is 6.30. The van der Waals surface area contributed by atoms with E-state index >= 15 is 0 Å². The summed E-state index contributed by atoms with van der Waals surface area (Å²) >= 11 is 0. The van der Waals surface area contributed by atoms with Crippen molar-refractivity contribution in [3.63, 3.8) is 0 Å². The topological polar surface area (TPSA) is 62.3 Å². The third kappa shape index (κ3) is 4.66. The lowest BCUT2D eigenvalue weighted by Gasteiger charge is -2.20. The van der Waals surface area contributed by atoms with Gasteiger partial charge in [0.15, 0.2) is 0 Å². The van der Waals surface area contributed by atoms with E-state index in [1.165, 1.54) is 19.0 Å². The minimum absolute atomic E-state index is 0.0126. The van der Waals surface area contributed by atoms with Crippen LogP contribution in [0.5, 0.6) is 0 Å². The lowest BCUT2D eigenvalue weighted by molar-refractivity contribution is 0.0761. The highest BCUT2D eigenvalue weighted by atomic mass is 16.2. The molecule has 0 radical (unpaired) electrons. The molecule has 1 aliphatic heterocycles. The summed E-state index contributed by atoms with van der Waals surface area (Å²) in [7, 11) is 0. The van der Waals surface area contributed by atoms with Crippen LogP contribution in [-0.2, 0) is 6.54 Å². The van der Waals surface area contributed by atoms with Gasteiger partial charge >= 0.3 is 0 Å². The Morgan fingerprint density at radius 2 is 1.72 bits per heavy atom. The van der Waals surface area contributed by atoms with Gasteiger partial charge in [-0.3, -0.25) is 14.6 Å². The quantitative estimate of drug-likeness (QED) is 0.933. The number of carbonyl (C=O) groups is 2. The van der Waals surface area contributed by atoms with Gasteiger partial charge in [0.05, 0.1) is 0 Å². The molecule has 0 atom stereocenters. The molecule has 1 aliphatic rings. The van der Waals surface area contributed by atoms with Gasteiger partial charge in [-0.05, 0) is 30.5 Å². The van der Waals surface area contributed by atoms with Gasteiger partial charge in [-0.15, -0.1) is 0 Å². The lowest BCUT2D eigenvalue weighted by atomic mass is 10.2. The fraction of sp³-hybridized carbons (Fsp3) is 0.350. The van der Waals surface area contributed by atoms with E-state index in [1.54, 1.807) is 12.1 Å². The Morgan fingerprint density at radius 3 is 2.44 bits per heavy atom. The largest absolute Gasteiger partial charge is 0.347 e. The van der Waals surface area contributed by atoms with Crippen LogP contribution >= 0.6 is 0 Å². The summed E-state index contributed by atoms with van der Waals surface area (Å²) in [5, 5.41) is 2.84. The Balaban J connectivity index is 1.65. The highest BCUT2D eigenvalue weighted by Gasteiger charge is 2.18. The molecule has 0 saturated carbocycles. The van der Waals surface area contributed by atoms with Crippen molar-refractivity contribution in [1.29, 1.82) is 0 Å². The first kappa shape index (κ1) is 17.1. The van der Waals surface area contributed by atoms with Crippen LogP contribution in [-0.4, -0.2) is 34.8 Å². The number of hydrogen-bond donors (Lipinski definition) is 1. The molecule has 1 aromatic heterocycles. The molecule has 0 aliphatic carbocycles. The standard InChI is InChI=1S/C20H23N3O2/c24-19(22-15-16-8-4-3-5-9-16)18-14-17(10-11-21-18)20(25)23-12-6-1-2-7-13-23/h3-5,8-11,14H,1-2,6-7,12-13,15H2,(H,22,24). The molecule has 3 rings (SSSR count). The second-order valence-corrected chi connectivity index (χ2v) is 6.30. The van der Waals surface area contributed by atoms with Crippen molar-refractivity contribution < 1.29 is 9.59 Å². The summed E-state index contributed by atoms with van der Waals surface area (Å²) in [5.41, 5.74) is 1.83.